The monoisotopic (exact) mass is 453 g/mol. The van der Waals surface area contributed by atoms with E-state index in [2.05, 4.69) is 17.5 Å². The van der Waals surface area contributed by atoms with Crippen LogP contribution in [0.5, 0.6) is 0 Å². The lowest BCUT2D eigenvalue weighted by Crippen LogP contribution is -2.46. The molecule has 1 aromatic heterocycles. The van der Waals surface area contributed by atoms with Gasteiger partial charge < -0.3 is 14.1 Å². The Labute approximate surface area is 193 Å². The van der Waals surface area contributed by atoms with Gasteiger partial charge >= 0.3 is 7.40 Å². The van der Waals surface area contributed by atoms with E-state index < -0.39 is 12.9 Å². The minimum Gasteiger partial charge on any atom is -0.348 e. The smallest absolute Gasteiger partial charge is 0.348 e. The number of aromatic nitrogens is 1. The molecule has 8 heteroatoms. The molecule has 2 heterocycles. The normalized spacial score (nSPS) is 19.5. The Morgan fingerprint density at radius 3 is 2.50 bits per heavy atom. The Morgan fingerprint density at radius 2 is 1.81 bits per heavy atom. The fourth-order valence-corrected chi connectivity index (χ4v) is 3.80. The molecule has 0 radical (unpaired) electrons. The van der Waals surface area contributed by atoms with Crippen LogP contribution >= 0.6 is 12.8 Å². The summed E-state index contributed by atoms with van der Waals surface area (Å²) in [4.78, 5) is 12.6. The Kier molecular flexibility index (Phi) is 7.80. The van der Waals surface area contributed by atoms with Crippen molar-refractivity contribution < 1.29 is 13.4 Å². The topological polar surface area (TPSA) is 37.3 Å². The van der Waals surface area contributed by atoms with Gasteiger partial charge in [0.15, 0.2) is 0 Å². The highest BCUT2D eigenvalue weighted by Crippen LogP contribution is 2.36. The maximum atomic E-state index is 13.9. The molecule has 32 heavy (non-hydrogen) atoms. The molecule has 0 bridgehead atoms. The highest BCUT2D eigenvalue weighted by Gasteiger charge is 2.43. The van der Waals surface area contributed by atoms with Crippen LogP contribution in [0.25, 0.3) is 18.2 Å². The van der Waals surface area contributed by atoms with Gasteiger partial charge in [-0.25, -0.2) is 0 Å². The van der Waals surface area contributed by atoms with Crippen molar-refractivity contribution in [2.24, 2.45) is 7.05 Å². The number of nitrogens with one attached hydrogen (secondary N) is 1. The van der Waals surface area contributed by atoms with E-state index in [9.17, 15) is 13.4 Å². The number of halogens is 2. The first-order valence-electron chi connectivity index (χ1n) is 10.3. The van der Waals surface area contributed by atoms with Gasteiger partial charge in [0.1, 0.15) is 0 Å². The number of benzene rings is 1. The van der Waals surface area contributed by atoms with Crippen molar-refractivity contribution in [3.8, 4) is 0 Å². The third kappa shape index (κ3) is 5.62. The molecular weight excluding hydrogens is 427 g/mol. The molecule has 1 amide bonds. The predicted octanol–water partition coefficient (Wildman–Crippen LogP) is 5.39. The molecule has 4 nitrogen and oxygen atoms in total. The lowest BCUT2D eigenvalue weighted by molar-refractivity contribution is -0.119. The number of carbonyl (C=O) groups is 1. The van der Waals surface area contributed by atoms with Gasteiger partial charge in [0.25, 0.3) is 0 Å². The molecule has 0 saturated carbocycles. The van der Waals surface area contributed by atoms with E-state index in [0.29, 0.717) is 5.70 Å². The summed E-state index contributed by atoms with van der Waals surface area (Å²) in [5.74, 6) is -0.296. The molecule has 1 unspecified atom stereocenters. The van der Waals surface area contributed by atoms with Crippen LogP contribution < -0.4 is 4.72 Å². The minimum atomic E-state index is -2.69. The standard InChI is InChI=1S/C24H26BF2N3OS/c1-24(17-15-23(31)28-32)16-14-22(30(24)25(26)27)18-21-13-12-20(29(21)2)11-7-6-10-19-8-4-3-5-9-19/h3-14,16,18,32H,15,17H2,1-2H3,(H,28,31)/b10-6+,11-7+,22-18-. The molecule has 166 valence electrons. The summed E-state index contributed by atoms with van der Waals surface area (Å²) in [5.41, 5.74) is 2.34. The zero-order valence-electron chi connectivity index (χ0n) is 18.1. The summed E-state index contributed by atoms with van der Waals surface area (Å²) < 4.78 is 32.1. The Hall–Kier alpha value is -3.00. The van der Waals surface area contributed by atoms with Crippen LogP contribution in [0.4, 0.5) is 8.63 Å². The van der Waals surface area contributed by atoms with E-state index in [1.54, 1.807) is 25.2 Å². The van der Waals surface area contributed by atoms with Gasteiger partial charge in [-0.1, -0.05) is 67.5 Å². The van der Waals surface area contributed by atoms with Crippen LogP contribution in [-0.2, 0) is 11.8 Å². The Morgan fingerprint density at radius 1 is 1.12 bits per heavy atom. The Bertz CT molecular complexity index is 1060. The van der Waals surface area contributed by atoms with Crippen LogP contribution in [0.1, 0.15) is 36.7 Å². The summed E-state index contributed by atoms with van der Waals surface area (Å²) in [6.45, 7) is 1.71. The van der Waals surface area contributed by atoms with Gasteiger partial charge in [-0.2, -0.15) is 0 Å². The number of hydrogen-bond donors (Lipinski definition) is 2. The van der Waals surface area contributed by atoms with Crippen molar-refractivity contribution in [1.82, 2.24) is 14.1 Å². The molecule has 1 N–H and O–H groups in total. The van der Waals surface area contributed by atoms with Crippen LogP contribution in [0.15, 0.2) is 72.5 Å². The zero-order chi connectivity index (χ0) is 23.1. The van der Waals surface area contributed by atoms with Crippen LogP contribution in [0.3, 0.4) is 0 Å². The highest BCUT2D eigenvalue weighted by molar-refractivity contribution is 7.78. The first-order chi connectivity index (χ1) is 15.3. The van der Waals surface area contributed by atoms with E-state index in [-0.39, 0.29) is 18.7 Å². The predicted molar refractivity (Wildman–Crippen MR) is 132 cm³/mol. The number of carbonyl (C=O) groups excluding carboxylic acids is 1. The molecule has 1 atom stereocenters. The summed E-state index contributed by atoms with van der Waals surface area (Å²) >= 11 is 3.73. The fraction of sp³-hybridized carbons (Fsp3) is 0.208. The lowest BCUT2D eigenvalue weighted by Gasteiger charge is -2.35. The van der Waals surface area contributed by atoms with E-state index >= 15 is 0 Å². The molecule has 3 rings (SSSR count). The van der Waals surface area contributed by atoms with Gasteiger partial charge in [0.05, 0.1) is 0 Å². The number of nitrogens with zero attached hydrogens (tertiary/aromatic N) is 2. The van der Waals surface area contributed by atoms with Crippen molar-refractivity contribution in [1.29, 1.82) is 0 Å². The maximum Gasteiger partial charge on any atom is 0.673 e. The molecular formula is C24H26BF2N3OS. The largest absolute Gasteiger partial charge is 0.673 e. The van der Waals surface area contributed by atoms with Crippen LogP contribution in [0, 0.1) is 0 Å². The number of rotatable bonds is 8. The number of hydrogen-bond acceptors (Lipinski definition) is 3. The van der Waals surface area contributed by atoms with E-state index in [4.69, 9.17) is 0 Å². The summed E-state index contributed by atoms with van der Waals surface area (Å²) in [7, 11) is -0.794. The summed E-state index contributed by atoms with van der Waals surface area (Å²) in [6, 6.07) is 13.8. The van der Waals surface area contributed by atoms with Gasteiger partial charge in [0.2, 0.25) is 5.91 Å². The average Bonchev–Trinajstić information content (AvgIpc) is 3.30. The second-order valence-corrected chi connectivity index (χ2v) is 8.04. The molecule has 0 saturated heterocycles. The van der Waals surface area contributed by atoms with Crippen LogP contribution in [-0.4, -0.2) is 28.2 Å². The Balaban J connectivity index is 1.76. The number of thiol groups is 1. The summed E-state index contributed by atoms with van der Waals surface area (Å²) in [5, 5.41) is 0. The van der Waals surface area contributed by atoms with E-state index in [1.807, 2.05) is 78.4 Å². The van der Waals surface area contributed by atoms with E-state index in [1.165, 1.54) is 0 Å². The van der Waals surface area contributed by atoms with Crippen molar-refractivity contribution in [3.05, 3.63) is 89.4 Å². The molecule has 0 spiro atoms. The first-order valence-corrected chi connectivity index (χ1v) is 10.8. The summed E-state index contributed by atoms with van der Waals surface area (Å²) in [6.07, 6.45) is 13.4. The molecule has 1 aliphatic rings. The van der Waals surface area contributed by atoms with Gasteiger partial charge in [0, 0.05) is 36.1 Å². The second kappa shape index (κ2) is 10.5. The molecule has 1 aliphatic heterocycles. The van der Waals surface area contributed by atoms with Crippen molar-refractivity contribution in [2.45, 2.75) is 25.3 Å². The second-order valence-electron chi connectivity index (χ2n) is 7.81. The third-order valence-electron chi connectivity index (χ3n) is 5.58. The molecule has 0 aliphatic carbocycles. The minimum absolute atomic E-state index is 0.108. The van der Waals surface area contributed by atoms with E-state index in [0.717, 1.165) is 21.8 Å². The highest BCUT2D eigenvalue weighted by atomic mass is 32.1. The maximum absolute atomic E-state index is 13.9. The molecule has 2 aromatic rings. The van der Waals surface area contributed by atoms with Gasteiger partial charge in [-0.15, -0.1) is 0 Å². The quantitative estimate of drug-likeness (QED) is 0.320. The number of amides is 1. The zero-order valence-corrected chi connectivity index (χ0v) is 19.0. The fourth-order valence-electron chi connectivity index (χ4n) is 3.69. The molecule has 0 fully saturated rings. The average molecular weight is 453 g/mol. The van der Waals surface area contributed by atoms with Crippen molar-refractivity contribution in [2.75, 3.05) is 0 Å². The van der Waals surface area contributed by atoms with Crippen LogP contribution in [0.2, 0.25) is 0 Å². The number of allylic oxidation sites excluding steroid dienone is 3. The molecule has 1 aromatic carbocycles. The lowest BCUT2D eigenvalue weighted by atomic mass is 9.90. The van der Waals surface area contributed by atoms with Gasteiger partial charge in [-0.05, 0) is 49.3 Å². The van der Waals surface area contributed by atoms with Gasteiger partial charge in [-0.3, -0.25) is 13.4 Å². The SMILES string of the molecule is Cn1c(/C=C2/C=CC(C)(CCC(=O)NS)N2B(F)F)ccc1/C=C/C=C/c1ccccc1. The first kappa shape index (κ1) is 23.7. The van der Waals surface area contributed by atoms with Crippen molar-refractivity contribution >= 4 is 44.4 Å². The van der Waals surface area contributed by atoms with Crippen molar-refractivity contribution in [3.63, 3.8) is 0 Å². The third-order valence-corrected chi connectivity index (χ3v) is 5.83.